The fraction of sp³-hybridized carbons (Fsp3) is 0.474. The van der Waals surface area contributed by atoms with Crippen molar-refractivity contribution in [2.75, 3.05) is 0 Å². The third kappa shape index (κ3) is 3.94. The number of hydrogen-bond acceptors (Lipinski definition) is 5. The lowest BCUT2D eigenvalue weighted by Crippen LogP contribution is -2.37. The zero-order valence-corrected chi connectivity index (χ0v) is 17.9. The van der Waals surface area contributed by atoms with Crippen LogP contribution in [0.1, 0.15) is 43.0 Å². The van der Waals surface area contributed by atoms with Crippen molar-refractivity contribution < 1.29 is 27.1 Å². The number of fused-ring (bicyclic) bond motifs is 1. The highest BCUT2D eigenvalue weighted by Gasteiger charge is 2.46. The van der Waals surface area contributed by atoms with Gasteiger partial charge in [0, 0.05) is 28.6 Å². The van der Waals surface area contributed by atoms with E-state index in [9.17, 15) is 27.1 Å². The van der Waals surface area contributed by atoms with Gasteiger partial charge in [0.2, 0.25) is 10.9 Å². The van der Waals surface area contributed by atoms with Gasteiger partial charge in [-0.25, -0.2) is 18.3 Å². The number of alkyl halides is 5. The maximum absolute atomic E-state index is 13.5. The van der Waals surface area contributed by atoms with E-state index in [1.807, 2.05) is 0 Å². The van der Waals surface area contributed by atoms with E-state index in [0.29, 0.717) is 26.9 Å². The summed E-state index contributed by atoms with van der Waals surface area (Å²) in [4.78, 5) is 4.83. The maximum Gasteiger partial charge on any atom is 0.417 e. The van der Waals surface area contributed by atoms with Crippen LogP contribution < -0.4 is 0 Å². The first-order chi connectivity index (χ1) is 13.7. The third-order valence-electron chi connectivity index (χ3n) is 4.81. The summed E-state index contributed by atoms with van der Waals surface area (Å²) in [6, 6.07) is 3.67. The van der Waals surface area contributed by atoms with E-state index in [0.717, 1.165) is 17.8 Å². The Bertz CT molecular complexity index is 1110. The van der Waals surface area contributed by atoms with Crippen LogP contribution in [0.5, 0.6) is 0 Å². The summed E-state index contributed by atoms with van der Waals surface area (Å²) in [5.74, 6) is -2.81. The second-order valence-corrected chi connectivity index (χ2v) is 10.2. The summed E-state index contributed by atoms with van der Waals surface area (Å²) in [6.45, 7) is 4.88. The Morgan fingerprint density at radius 2 is 1.90 bits per heavy atom. The molecule has 2 heterocycles. The van der Waals surface area contributed by atoms with Crippen LogP contribution >= 0.6 is 23.1 Å². The Morgan fingerprint density at radius 3 is 2.47 bits per heavy atom. The number of aliphatic hydroxyl groups is 1. The topological polar surface area (TPSA) is 50.4 Å². The molecule has 0 spiro atoms. The summed E-state index contributed by atoms with van der Waals surface area (Å²) >= 11 is 2.02. The first kappa shape index (κ1) is 21.5. The molecular formula is C19H18F5N3OS2. The highest BCUT2D eigenvalue weighted by molar-refractivity contribution is 8.00. The molecule has 0 aliphatic heterocycles. The fourth-order valence-corrected chi connectivity index (χ4v) is 5.76. The molecule has 30 heavy (non-hydrogen) atoms. The van der Waals surface area contributed by atoms with Crippen molar-refractivity contribution in [3.63, 3.8) is 0 Å². The Kier molecular flexibility index (Phi) is 4.94. The van der Waals surface area contributed by atoms with Crippen LogP contribution in [0, 0.1) is 6.92 Å². The smallest absolute Gasteiger partial charge is 0.383 e. The van der Waals surface area contributed by atoms with Crippen LogP contribution in [-0.4, -0.2) is 30.9 Å². The highest BCUT2D eigenvalue weighted by Crippen LogP contribution is 2.49. The van der Waals surface area contributed by atoms with Gasteiger partial charge >= 0.3 is 6.18 Å². The Morgan fingerprint density at radius 1 is 1.23 bits per heavy atom. The van der Waals surface area contributed by atoms with Crippen molar-refractivity contribution in [3.8, 4) is 11.3 Å². The molecule has 1 aliphatic rings. The van der Waals surface area contributed by atoms with E-state index in [4.69, 9.17) is 0 Å². The maximum atomic E-state index is 13.5. The van der Waals surface area contributed by atoms with Gasteiger partial charge in [-0.3, -0.25) is 0 Å². The number of halogens is 5. The molecule has 1 fully saturated rings. The molecule has 2 aromatic heterocycles. The minimum absolute atomic E-state index is 0.0900. The van der Waals surface area contributed by atoms with E-state index in [-0.39, 0.29) is 4.90 Å². The summed E-state index contributed by atoms with van der Waals surface area (Å²) in [5.41, 5.74) is -0.504. The standard InChI is InChI=1S/C19H18F5N3OS2/c1-9-14(27-16(25-9)30-15(26-27)17(2,3)28)10-4-5-12(19(22,23)24)13(6-10)29-11-7-18(20,21)8-11/h4-6,11,28H,7-8H2,1-3H3. The van der Waals surface area contributed by atoms with Gasteiger partial charge in [0.05, 0.1) is 17.0 Å². The molecule has 1 aromatic carbocycles. The number of rotatable bonds is 4. The molecule has 0 atom stereocenters. The largest absolute Gasteiger partial charge is 0.417 e. The van der Waals surface area contributed by atoms with Crippen molar-refractivity contribution >= 4 is 28.1 Å². The summed E-state index contributed by atoms with van der Waals surface area (Å²) in [7, 11) is 0. The zero-order chi connectivity index (χ0) is 22.1. The lowest BCUT2D eigenvalue weighted by molar-refractivity contribution is -0.139. The van der Waals surface area contributed by atoms with Gasteiger partial charge in [0.1, 0.15) is 10.6 Å². The van der Waals surface area contributed by atoms with Gasteiger partial charge in [0.25, 0.3) is 0 Å². The molecular weight excluding hydrogens is 445 g/mol. The molecule has 11 heteroatoms. The Balaban J connectivity index is 1.79. The molecule has 162 valence electrons. The summed E-state index contributed by atoms with van der Waals surface area (Å²) in [6.07, 6.45) is -5.46. The predicted molar refractivity (Wildman–Crippen MR) is 105 cm³/mol. The lowest BCUT2D eigenvalue weighted by Gasteiger charge is -2.34. The molecule has 3 aromatic rings. The minimum Gasteiger partial charge on any atom is -0.383 e. The average molecular weight is 463 g/mol. The van der Waals surface area contributed by atoms with E-state index >= 15 is 0 Å². The SMILES string of the molecule is Cc1nc2sc(C(C)(C)O)nn2c1-c1ccc(C(F)(F)F)c(SC2CC(F)(F)C2)c1. The van der Waals surface area contributed by atoms with Crippen LogP contribution in [0.4, 0.5) is 22.0 Å². The number of thioether (sulfide) groups is 1. The van der Waals surface area contributed by atoms with Gasteiger partial charge in [-0.15, -0.1) is 11.8 Å². The number of hydrogen-bond donors (Lipinski definition) is 1. The van der Waals surface area contributed by atoms with Gasteiger partial charge in [0.15, 0.2) is 0 Å². The highest BCUT2D eigenvalue weighted by atomic mass is 32.2. The number of aryl methyl sites for hydroxylation is 1. The van der Waals surface area contributed by atoms with Crippen molar-refractivity contribution in [1.29, 1.82) is 0 Å². The van der Waals surface area contributed by atoms with Gasteiger partial charge in [-0.1, -0.05) is 17.4 Å². The summed E-state index contributed by atoms with van der Waals surface area (Å²) < 4.78 is 68.3. The van der Waals surface area contributed by atoms with E-state index < -0.39 is 41.4 Å². The number of aromatic nitrogens is 3. The van der Waals surface area contributed by atoms with Crippen LogP contribution in [0.25, 0.3) is 16.2 Å². The lowest BCUT2D eigenvalue weighted by atomic mass is 9.94. The fourth-order valence-electron chi connectivity index (χ4n) is 3.30. The molecule has 0 radical (unpaired) electrons. The molecule has 1 N–H and O–H groups in total. The van der Waals surface area contributed by atoms with E-state index in [1.54, 1.807) is 20.8 Å². The zero-order valence-electron chi connectivity index (χ0n) is 16.2. The van der Waals surface area contributed by atoms with E-state index in [1.165, 1.54) is 28.0 Å². The van der Waals surface area contributed by atoms with Gasteiger partial charge < -0.3 is 5.11 Å². The Hall–Kier alpha value is -1.72. The van der Waals surface area contributed by atoms with Gasteiger partial charge in [-0.05, 0) is 32.9 Å². The molecule has 4 nitrogen and oxygen atoms in total. The normalized spacial score (nSPS) is 17.5. The van der Waals surface area contributed by atoms with Crippen LogP contribution in [0.15, 0.2) is 23.1 Å². The monoisotopic (exact) mass is 463 g/mol. The first-order valence-electron chi connectivity index (χ1n) is 9.10. The number of benzene rings is 1. The van der Waals surface area contributed by atoms with Crippen molar-refractivity contribution in [2.45, 2.75) is 61.5 Å². The second kappa shape index (κ2) is 6.89. The van der Waals surface area contributed by atoms with Crippen LogP contribution in [0.2, 0.25) is 0 Å². The molecule has 0 saturated heterocycles. The van der Waals surface area contributed by atoms with Crippen LogP contribution in [0.3, 0.4) is 0 Å². The minimum atomic E-state index is -4.59. The molecule has 1 saturated carbocycles. The number of imidazole rings is 1. The molecule has 0 unspecified atom stereocenters. The average Bonchev–Trinajstić information content (AvgIpc) is 3.08. The summed E-state index contributed by atoms with van der Waals surface area (Å²) in [5, 5.41) is 14.4. The van der Waals surface area contributed by atoms with E-state index in [2.05, 4.69) is 10.1 Å². The second-order valence-electron chi connectivity index (χ2n) is 7.92. The Labute approximate surface area is 177 Å². The van der Waals surface area contributed by atoms with Gasteiger partial charge in [-0.2, -0.15) is 18.3 Å². The molecule has 0 bridgehead atoms. The van der Waals surface area contributed by atoms with Crippen molar-refractivity contribution in [1.82, 2.24) is 14.6 Å². The predicted octanol–water partition coefficient (Wildman–Crippen LogP) is 5.90. The van der Waals surface area contributed by atoms with Crippen molar-refractivity contribution in [3.05, 3.63) is 34.5 Å². The van der Waals surface area contributed by atoms with Crippen LogP contribution in [-0.2, 0) is 11.8 Å². The number of nitrogens with zero attached hydrogens (tertiary/aromatic N) is 3. The molecule has 1 aliphatic carbocycles. The molecule has 4 rings (SSSR count). The molecule has 0 amide bonds. The quantitative estimate of drug-likeness (QED) is 0.490. The third-order valence-corrected chi connectivity index (χ3v) is 7.29. The van der Waals surface area contributed by atoms with Crippen molar-refractivity contribution in [2.24, 2.45) is 0 Å². The first-order valence-corrected chi connectivity index (χ1v) is 10.8.